The van der Waals surface area contributed by atoms with Crippen LogP contribution in [-0.2, 0) is 4.79 Å². The van der Waals surface area contributed by atoms with Gasteiger partial charge in [-0.1, -0.05) is 37.7 Å². The van der Waals surface area contributed by atoms with Gasteiger partial charge in [-0.3, -0.25) is 9.69 Å². The lowest BCUT2D eigenvalue weighted by molar-refractivity contribution is -0.126. The maximum atomic E-state index is 12.4. The molecule has 3 amide bonds. The second-order valence-electron chi connectivity index (χ2n) is 6.10. The number of carbonyl (C=O) groups is 2. The lowest BCUT2D eigenvalue weighted by atomic mass is 10.0. The van der Waals surface area contributed by atoms with Crippen molar-refractivity contribution in [2.75, 3.05) is 13.1 Å². The van der Waals surface area contributed by atoms with E-state index in [4.69, 9.17) is 0 Å². The summed E-state index contributed by atoms with van der Waals surface area (Å²) in [6, 6.07) is 7.64. The minimum Gasteiger partial charge on any atom is -0.336 e. The fourth-order valence-corrected chi connectivity index (χ4v) is 3.39. The number of urea groups is 1. The predicted octanol–water partition coefficient (Wildman–Crippen LogP) is 1.82. The number of imide groups is 1. The number of amides is 3. The maximum Gasteiger partial charge on any atom is 0.324 e. The number of hydrogen-bond donors (Lipinski definition) is 1. The molecule has 0 spiro atoms. The molecule has 0 aliphatic carbocycles. The molecule has 1 N–H and O–H groups in total. The number of carbonyl (C=O) groups excluding carboxylic acids is 2. The first-order chi connectivity index (χ1) is 12.0. The van der Waals surface area contributed by atoms with Gasteiger partial charge in [-0.25, -0.2) is 4.79 Å². The number of nitrogens with one attached hydrogen (secondary N) is 1. The highest BCUT2D eigenvalue weighted by molar-refractivity contribution is 8.00. The molecule has 1 saturated heterocycles. The summed E-state index contributed by atoms with van der Waals surface area (Å²) < 4.78 is 1.60. The molecule has 9 heteroatoms. The molecule has 1 aliphatic rings. The van der Waals surface area contributed by atoms with Crippen LogP contribution in [-0.4, -0.2) is 55.4 Å². The highest BCUT2D eigenvalue weighted by atomic mass is 32.2. The number of benzene rings is 1. The highest BCUT2D eigenvalue weighted by Gasteiger charge is 2.31. The molecule has 0 bridgehead atoms. The second-order valence-corrected chi connectivity index (χ2v) is 7.41. The first-order valence-corrected chi connectivity index (χ1v) is 9.00. The van der Waals surface area contributed by atoms with Gasteiger partial charge in [0.1, 0.15) is 0 Å². The Morgan fingerprint density at radius 2 is 1.96 bits per heavy atom. The van der Waals surface area contributed by atoms with E-state index in [0.29, 0.717) is 24.2 Å². The average Bonchev–Trinajstić information content (AvgIpc) is 3.23. The van der Waals surface area contributed by atoms with Crippen LogP contribution < -0.4 is 5.32 Å². The van der Waals surface area contributed by atoms with Crippen molar-refractivity contribution in [1.29, 1.82) is 0 Å². The third kappa shape index (κ3) is 3.65. The monoisotopic (exact) mass is 360 g/mol. The summed E-state index contributed by atoms with van der Waals surface area (Å²) in [5, 5.41) is 14.4. The minimum absolute atomic E-state index is 0.246. The van der Waals surface area contributed by atoms with Gasteiger partial charge in [0.15, 0.2) is 0 Å². The smallest absolute Gasteiger partial charge is 0.324 e. The van der Waals surface area contributed by atoms with Crippen molar-refractivity contribution in [2.45, 2.75) is 37.1 Å². The Morgan fingerprint density at radius 3 is 2.56 bits per heavy atom. The van der Waals surface area contributed by atoms with Gasteiger partial charge in [0, 0.05) is 13.1 Å². The molecule has 1 aliphatic heterocycles. The molecule has 1 aromatic heterocycles. The number of rotatable bonds is 5. The summed E-state index contributed by atoms with van der Waals surface area (Å²) >= 11 is 1.23. The van der Waals surface area contributed by atoms with Crippen LogP contribution in [0.4, 0.5) is 4.79 Å². The van der Waals surface area contributed by atoms with E-state index in [0.717, 1.165) is 5.69 Å². The summed E-state index contributed by atoms with van der Waals surface area (Å²) in [4.78, 5) is 25.3. The zero-order chi connectivity index (χ0) is 18.0. The molecule has 0 saturated carbocycles. The molecular formula is C16H20N6O2S. The molecule has 0 unspecified atom stereocenters. The number of hydrogen-bond acceptors (Lipinski definition) is 6. The Labute approximate surface area is 150 Å². The van der Waals surface area contributed by atoms with Crippen molar-refractivity contribution in [1.82, 2.24) is 30.4 Å². The lowest BCUT2D eigenvalue weighted by Crippen LogP contribution is -2.39. The van der Waals surface area contributed by atoms with E-state index in [9.17, 15) is 9.59 Å². The molecule has 2 aromatic rings. The van der Waals surface area contributed by atoms with Gasteiger partial charge < -0.3 is 5.32 Å². The summed E-state index contributed by atoms with van der Waals surface area (Å²) in [6.07, 6.45) is 0. The van der Waals surface area contributed by atoms with Crippen LogP contribution in [0.15, 0.2) is 29.4 Å². The van der Waals surface area contributed by atoms with E-state index in [1.165, 1.54) is 22.2 Å². The van der Waals surface area contributed by atoms with Crippen LogP contribution in [0.5, 0.6) is 0 Å². The largest absolute Gasteiger partial charge is 0.336 e. The van der Waals surface area contributed by atoms with E-state index in [2.05, 4.69) is 34.7 Å². The standard InChI is InChI=1S/C16H20N6O2S/c1-10(2)12-4-6-13(7-5-12)22-16(18-19-20-22)25-11(3)14(23)21-9-8-17-15(21)24/h4-7,10-11H,8-9H2,1-3H3,(H,17,24)/t11-/m0/s1. The molecule has 0 radical (unpaired) electrons. The van der Waals surface area contributed by atoms with Crippen molar-refractivity contribution in [3.8, 4) is 5.69 Å². The predicted molar refractivity (Wildman–Crippen MR) is 93.7 cm³/mol. The van der Waals surface area contributed by atoms with E-state index >= 15 is 0 Å². The Hall–Kier alpha value is -2.42. The molecule has 25 heavy (non-hydrogen) atoms. The van der Waals surface area contributed by atoms with Crippen LogP contribution in [0.25, 0.3) is 5.69 Å². The van der Waals surface area contributed by atoms with E-state index < -0.39 is 5.25 Å². The Balaban J connectivity index is 1.75. The normalized spacial score (nSPS) is 15.5. The molecule has 1 aromatic carbocycles. The van der Waals surface area contributed by atoms with Gasteiger partial charge in [0.05, 0.1) is 10.9 Å². The zero-order valence-electron chi connectivity index (χ0n) is 14.3. The molecule has 1 atom stereocenters. The zero-order valence-corrected chi connectivity index (χ0v) is 15.2. The van der Waals surface area contributed by atoms with Gasteiger partial charge in [0.25, 0.3) is 0 Å². The Bertz CT molecular complexity index is 773. The molecule has 2 heterocycles. The first kappa shape index (κ1) is 17.4. The fraction of sp³-hybridized carbons (Fsp3) is 0.438. The van der Waals surface area contributed by atoms with Gasteiger partial charge in [-0.05, 0) is 41.0 Å². The van der Waals surface area contributed by atoms with Crippen molar-refractivity contribution in [2.24, 2.45) is 0 Å². The van der Waals surface area contributed by atoms with Gasteiger partial charge >= 0.3 is 6.03 Å². The quantitative estimate of drug-likeness (QED) is 0.818. The van der Waals surface area contributed by atoms with Crippen LogP contribution >= 0.6 is 11.8 Å². The summed E-state index contributed by atoms with van der Waals surface area (Å²) in [7, 11) is 0. The Kier molecular flexibility index (Phi) is 5.03. The molecule has 132 valence electrons. The number of thioether (sulfide) groups is 1. The molecular weight excluding hydrogens is 340 g/mol. The van der Waals surface area contributed by atoms with Crippen molar-refractivity contribution in [3.05, 3.63) is 29.8 Å². The summed E-state index contributed by atoms with van der Waals surface area (Å²) in [5.41, 5.74) is 2.06. The van der Waals surface area contributed by atoms with Crippen LogP contribution in [0.2, 0.25) is 0 Å². The first-order valence-electron chi connectivity index (χ1n) is 8.12. The van der Waals surface area contributed by atoms with Gasteiger partial charge in [-0.15, -0.1) is 5.10 Å². The summed E-state index contributed by atoms with van der Waals surface area (Å²) in [5.74, 6) is 0.200. The third-order valence-corrected chi connectivity index (χ3v) is 5.02. The van der Waals surface area contributed by atoms with Crippen molar-refractivity contribution < 1.29 is 9.59 Å². The fourth-order valence-electron chi connectivity index (χ4n) is 2.52. The van der Waals surface area contributed by atoms with Gasteiger partial charge in [-0.2, -0.15) is 4.68 Å². The van der Waals surface area contributed by atoms with Crippen molar-refractivity contribution >= 4 is 23.7 Å². The second kappa shape index (κ2) is 7.22. The van der Waals surface area contributed by atoms with Crippen LogP contribution in [0.1, 0.15) is 32.3 Å². The SMILES string of the molecule is CC(C)c1ccc(-n2nnnc2S[C@@H](C)C(=O)N2CCNC2=O)cc1. The van der Waals surface area contributed by atoms with E-state index in [-0.39, 0.29) is 11.9 Å². The topological polar surface area (TPSA) is 93.0 Å². The lowest BCUT2D eigenvalue weighted by Gasteiger charge is -2.17. The number of aromatic nitrogens is 4. The summed E-state index contributed by atoms with van der Waals surface area (Å²) in [6.45, 7) is 6.90. The molecule has 1 fully saturated rings. The van der Waals surface area contributed by atoms with Crippen LogP contribution in [0, 0.1) is 0 Å². The van der Waals surface area contributed by atoms with Crippen molar-refractivity contribution in [3.63, 3.8) is 0 Å². The highest BCUT2D eigenvalue weighted by Crippen LogP contribution is 2.25. The molecule has 8 nitrogen and oxygen atoms in total. The van der Waals surface area contributed by atoms with E-state index in [1.807, 2.05) is 24.3 Å². The van der Waals surface area contributed by atoms with Gasteiger partial charge in [0.2, 0.25) is 11.1 Å². The molecule has 3 rings (SSSR count). The average molecular weight is 360 g/mol. The Morgan fingerprint density at radius 1 is 1.24 bits per heavy atom. The minimum atomic E-state index is -0.469. The van der Waals surface area contributed by atoms with E-state index in [1.54, 1.807) is 11.6 Å². The van der Waals surface area contributed by atoms with Crippen LogP contribution in [0.3, 0.4) is 0 Å². The third-order valence-electron chi connectivity index (χ3n) is 4.00. The number of tetrazole rings is 1. The number of nitrogens with zero attached hydrogens (tertiary/aromatic N) is 5. The maximum absolute atomic E-state index is 12.4.